The lowest BCUT2D eigenvalue weighted by Crippen LogP contribution is -2.14. The lowest BCUT2D eigenvalue weighted by atomic mass is 10.1. The zero-order valence-electron chi connectivity index (χ0n) is 10.9. The average Bonchev–Trinajstić information content (AvgIpc) is 2.42. The van der Waals surface area contributed by atoms with Crippen molar-refractivity contribution in [1.29, 1.82) is 0 Å². The maximum Gasteiger partial charge on any atom is 0.284 e. The number of anilines is 1. The van der Waals surface area contributed by atoms with Crippen LogP contribution in [0, 0.1) is 17.0 Å². The first kappa shape index (κ1) is 15.5. The Morgan fingerprint density at radius 1 is 1.33 bits per heavy atom. The van der Waals surface area contributed by atoms with Gasteiger partial charge in [-0.3, -0.25) is 14.9 Å². The molecule has 0 saturated carbocycles. The number of hydrogen-bond donors (Lipinski definition) is 1. The molecule has 0 aliphatic heterocycles. The Morgan fingerprint density at radius 3 is 2.71 bits per heavy atom. The van der Waals surface area contributed by atoms with E-state index in [0.717, 1.165) is 5.56 Å². The summed E-state index contributed by atoms with van der Waals surface area (Å²) >= 11 is 8.99. The summed E-state index contributed by atoms with van der Waals surface area (Å²) in [6.07, 6.45) is 0. The van der Waals surface area contributed by atoms with Gasteiger partial charge in [0.05, 0.1) is 10.5 Å². The molecule has 2 aromatic carbocycles. The summed E-state index contributed by atoms with van der Waals surface area (Å²) < 4.78 is 0.146. The van der Waals surface area contributed by atoms with Gasteiger partial charge in [-0.1, -0.05) is 23.7 Å². The topological polar surface area (TPSA) is 72.2 Å². The fourth-order valence-electron chi connectivity index (χ4n) is 1.75. The molecular formula is C14H10BrClN2O3. The monoisotopic (exact) mass is 368 g/mol. The molecule has 7 heteroatoms. The van der Waals surface area contributed by atoms with Crippen molar-refractivity contribution in [2.24, 2.45) is 0 Å². The van der Waals surface area contributed by atoms with Crippen LogP contribution in [0.3, 0.4) is 0 Å². The number of carbonyl (C=O) groups excluding carboxylic acids is 1. The quantitative estimate of drug-likeness (QED) is 0.636. The van der Waals surface area contributed by atoms with Gasteiger partial charge in [-0.15, -0.1) is 0 Å². The first-order chi connectivity index (χ1) is 9.90. The van der Waals surface area contributed by atoms with E-state index in [1.54, 1.807) is 18.2 Å². The van der Waals surface area contributed by atoms with Crippen LogP contribution < -0.4 is 5.32 Å². The lowest BCUT2D eigenvalue weighted by Gasteiger charge is -2.10. The molecule has 0 aromatic heterocycles. The van der Waals surface area contributed by atoms with Gasteiger partial charge < -0.3 is 5.32 Å². The molecule has 2 aromatic rings. The summed E-state index contributed by atoms with van der Waals surface area (Å²) in [7, 11) is 0. The summed E-state index contributed by atoms with van der Waals surface area (Å²) in [5.74, 6) is -0.448. The number of rotatable bonds is 3. The third-order valence-electron chi connectivity index (χ3n) is 2.87. The van der Waals surface area contributed by atoms with Gasteiger partial charge >= 0.3 is 0 Å². The maximum absolute atomic E-state index is 12.3. The van der Waals surface area contributed by atoms with Crippen LogP contribution in [0.4, 0.5) is 11.4 Å². The third kappa shape index (κ3) is 3.40. The molecule has 108 valence electrons. The highest BCUT2D eigenvalue weighted by Gasteiger charge is 2.19. The number of halogens is 2. The Morgan fingerprint density at radius 2 is 2.05 bits per heavy atom. The van der Waals surface area contributed by atoms with E-state index in [1.807, 2.05) is 6.92 Å². The van der Waals surface area contributed by atoms with Crippen molar-refractivity contribution in [1.82, 2.24) is 0 Å². The van der Waals surface area contributed by atoms with E-state index in [-0.39, 0.29) is 15.7 Å². The van der Waals surface area contributed by atoms with Crippen molar-refractivity contribution in [3.8, 4) is 0 Å². The van der Waals surface area contributed by atoms with E-state index in [4.69, 9.17) is 11.6 Å². The number of aryl methyl sites for hydroxylation is 1. The normalized spacial score (nSPS) is 10.2. The number of benzene rings is 2. The largest absolute Gasteiger partial charge is 0.322 e. The van der Waals surface area contributed by atoms with E-state index < -0.39 is 10.8 Å². The van der Waals surface area contributed by atoms with Gasteiger partial charge in [0, 0.05) is 16.8 Å². The van der Waals surface area contributed by atoms with Gasteiger partial charge in [0.2, 0.25) is 0 Å². The predicted octanol–water partition coefficient (Wildman–Crippen LogP) is 4.57. The molecular weight excluding hydrogens is 360 g/mol. The van der Waals surface area contributed by atoms with Crippen molar-refractivity contribution >= 4 is 44.8 Å². The van der Waals surface area contributed by atoms with Crippen LogP contribution in [0.15, 0.2) is 40.9 Å². The van der Waals surface area contributed by atoms with Crippen molar-refractivity contribution in [3.05, 3.63) is 67.1 Å². The molecule has 0 aliphatic rings. The second-order valence-electron chi connectivity index (χ2n) is 4.31. The molecule has 1 N–H and O–H groups in total. The lowest BCUT2D eigenvalue weighted by molar-refractivity contribution is -0.385. The van der Waals surface area contributed by atoms with Crippen LogP contribution in [0.25, 0.3) is 0 Å². The van der Waals surface area contributed by atoms with Crippen LogP contribution in [0.1, 0.15) is 15.9 Å². The second kappa shape index (κ2) is 6.24. The van der Waals surface area contributed by atoms with E-state index in [9.17, 15) is 14.9 Å². The van der Waals surface area contributed by atoms with Crippen LogP contribution >= 0.6 is 27.5 Å². The highest BCUT2D eigenvalue weighted by atomic mass is 79.9. The molecule has 2 rings (SSSR count). The van der Waals surface area contributed by atoms with Gasteiger partial charge in [-0.2, -0.15) is 0 Å². The maximum atomic E-state index is 12.3. The molecule has 0 heterocycles. The zero-order valence-corrected chi connectivity index (χ0v) is 13.2. The zero-order chi connectivity index (χ0) is 15.6. The summed E-state index contributed by atoms with van der Waals surface area (Å²) in [5, 5.41) is 14.1. The molecule has 5 nitrogen and oxygen atoms in total. The predicted molar refractivity (Wildman–Crippen MR) is 84.9 cm³/mol. The highest BCUT2D eigenvalue weighted by Crippen LogP contribution is 2.29. The van der Waals surface area contributed by atoms with Crippen LogP contribution in [0.5, 0.6) is 0 Å². The molecule has 0 aliphatic carbocycles. The SMILES string of the molecule is Cc1ccc(Cl)cc1NC(=O)c1cccc([N+](=O)[O-])c1Br. The minimum atomic E-state index is -0.550. The number of hydrogen-bond acceptors (Lipinski definition) is 3. The van der Waals surface area contributed by atoms with Crippen molar-refractivity contribution in [3.63, 3.8) is 0 Å². The van der Waals surface area contributed by atoms with E-state index in [2.05, 4.69) is 21.2 Å². The molecule has 0 saturated heterocycles. The number of carbonyl (C=O) groups is 1. The molecule has 0 unspecified atom stereocenters. The van der Waals surface area contributed by atoms with E-state index in [0.29, 0.717) is 10.7 Å². The molecule has 0 radical (unpaired) electrons. The molecule has 0 bridgehead atoms. The first-order valence-corrected chi connectivity index (χ1v) is 7.07. The second-order valence-corrected chi connectivity index (χ2v) is 5.54. The van der Waals surface area contributed by atoms with Crippen LogP contribution in [-0.4, -0.2) is 10.8 Å². The number of nitro benzene ring substituents is 1. The smallest absolute Gasteiger partial charge is 0.284 e. The third-order valence-corrected chi connectivity index (χ3v) is 3.94. The summed E-state index contributed by atoms with van der Waals surface area (Å²) in [4.78, 5) is 22.6. The highest BCUT2D eigenvalue weighted by molar-refractivity contribution is 9.10. The minimum Gasteiger partial charge on any atom is -0.322 e. The fourth-order valence-corrected chi connectivity index (χ4v) is 2.52. The van der Waals surface area contributed by atoms with Gasteiger partial charge in [-0.25, -0.2) is 0 Å². The number of nitro groups is 1. The summed E-state index contributed by atoms with van der Waals surface area (Å²) in [5.41, 5.74) is 1.43. The summed E-state index contributed by atoms with van der Waals surface area (Å²) in [6, 6.07) is 9.41. The Kier molecular flexibility index (Phi) is 4.59. The molecule has 0 fully saturated rings. The number of amides is 1. The summed E-state index contributed by atoms with van der Waals surface area (Å²) in [6.45, 7) is 1.83. The Bertz CT molecular complexity index is 734. The Balaban J connectivity index is 2.35. The van der Waals surface area contributed by atoms with Crippen LogP contribution in [0.2, 0.25) is 5.02 Å². The number of nitrogens with one attached hydrogen (secondary N) is 1. The Hall–Kier alpha value is -1.92. The van der Waals surface area contributed by atoms with Crippen molar-refractivity contribution in [2.45, 2.75) is 6.92 Å². The number of nitrogens with zero attached hydrogens (tertiary/aromatic N) is 1. The van der Waals surface area contributed by atoms with Gasteiger partial charge in [0.15, 0.2) is 0 Å². The Labute approximate surface area is 134 Å². The molecule has 0 spiro atoms. The molecule has 21 heavy (non-hydrogen) atoms. The van der Waals surface area contributed by atoms with Crippen molar-refractivity contribution < 1.29 is 9.72 Å². The van der Waals surface area contributed by atoms with E-state index in [1.165, 1.54) is 18.2 Å². The fraction of sp³-hybridized carbons (Fsp3) is 0.0714. The van der Waals surface area contributed by atoms with Gasteiger partial charge in [0.25, 0.3) is 11.6 Å². The standard InChI is InChI=1S/C14H10BrClN2O3/c1-8-5-6-9(16)7-11(8)17-14(19)10-3-2-4-12(13(10)15)18(20)21/h2-7H,1H3,(H,17,19). The van der Waals surface area contributed by atoms with Gasteiger partial charge in [-0.05, 0) is 46.6 Å². The van der Waals surface area contributed by atoms with E-state index >= 15 is 0 Å². The molecule has 0 atom stereocenters. The van der Waals surface area contributed by atoms with Crippen LogP contribution in [-0.2, 0) is 0 Å². The minimum absolute atomic E-state index is 0.146. The van der Waals surface area contributed by atoms with Gasteiger partial charge in [0.1, 0.15) is 4.47 Å². The average molecular weight is 370 g/mol. The molecule has 1 amide bonds. The van der Waals surface area contributed by atoms with Crippen molar-refractivity contribution in [2.75, 3.05) is 5.32 Å². The first-order valence-electron chi connectivity index (χ1n) is 5.90.